The minimum Gasteiger partial charge on any atom is -0.313 e. The molecule has 1 nitrogen and oxygen atoms in total. The van der Waals surface area contributed by atoms with Crippen LogP contribution in [0.5, 0.6) is 0 Å². The summed E-state index contributed by atoms with van der Waals surface area (Å²) in [7, 11) is 2.04. The lowest BCUT2D eigenvalue weighted by molar-refractivity contribution is 0.527. The number of allylic oxidation sites excluding steroid dienone is 1. The van der Waals surface area contributed by atoms with Crippen LogP contribution in [0.4, 0.5) is 0 Å². The Morgan fingerprint density at radius 2 is 2.12 bits per heavy atom. The van der Waals surface area contributed by atoms with Gasteiger partial charge in [-0.1, -0.05) is 29.8 Å². The van der Waals surface area contributed by atoms with Gasteiger partial charge < -0.3 is 5.32 Å². The van der Waals surface area contributed by atoms with E-state index in [2.05, 4.69) is 43.9 Å². The molecule has 0 aliphatic carbocycles. The van der Waals surface area contributed by atoms with Gasteiger partial charge in [0, 0.05) is 6.04 Å². The van der Waals surface area contributed by atoms with E-state index >= 15 is 0 Å². The van der Waals surface area contributed by atoms with Crippen molar-refractivity contribution < 1.29 is 0 Å². The van der Waals surface area contributed by atoms with Crippen molar-refractivity contribution in [2.75, 3.05) is 7.05 Å². The van der Waals surface area contributed by atoms with Crippen LogP contribution in [0.15, 0.2) is 30.9 Å². The highest BCUT2D eigenvalue weighted by Crippen LogP contribution is 2.23. The molecule has 1 unspecified atom stereocenters. The second-order valence-corrected chi connectivity index (χ2v) is 4.42. The van der Waals surface area contributed by atoms with Gasteiger partial charge >= 0.3 is 0 Å². The molecule has 0 saturated carbocycles. The van der Waals surface area contributed by atoms with Gasteiger partial charge in [-0.3, -0.25) is 0 Å². The first-order valence-electron chi connectivity index (χ1n) is 6.04. The lowest BCUT2D eigenvalue weighted by Gasteiger charge is -2.19. The topological polar surface area (TPSA) is 12.0 Å². The number of aryl methyl sites for hydroxylation is 2. The quantitative estimate of drug-likeness (QED) is 0.562. The second-order valence-electron chi connectivity index (χ2n) is 4.42. The maximum atomic E-state index is 3.77. The van der Waals surface area contributed by atoms with E-state index in [1.54, 1.807) is 0 Å². The lowest BCUT2D eigenvalue weighted by atomic mass is 9.95. The molecule has 0 aliphatic rings. The minimum atomic E-state index is 0.472. The highest BCUT2D eigenvalue weighted by molar-refractivity contribution is 5.32. The van der Waals surface area contributed by atoms with Crippen LogP contribution in [0.3, 0.4) is 0 Å². The summed E-state index contributed by atoms with van der Waals surface area (Å²) in [5, 5.41) is 3.41. The van der Waals surface area contributed by atoms with Crippen LogP contribution in [0, 0.1) is 13.8 Å². The molecule has 0 heterocycles. The summed E-state index contributed by atoms with van der Waals surface area (Å²) in [4.78, 5) is 0. The fourth-order valence-corrected chi connectivity index (χ4v) is 2.06. The molecule has 16 heavy (non-hydrogen) atoms. The standard InChI is InChI=1S/C15H23N/c1-5-6-7-8-15(16-4)14-11-12(2)9-10-13(14)3/h5,9-11,15-16H,1,6-8H2,2-4H3. The predicted octanol–water partition coefficient (Wildman–Crippen LogP) is 3.92. The fraction of sp³-hybridized carbons (Fsp3) is 0.467. The number of rotatable bonds is 6. The Hall–Kier alpha value is -1.08. The van der Waals surface area contributed by atoms with Gasteiger partial charge in [0.05, 0.1) is 0 Å². The minimum absolute atomic E-state index is 0.472. The molecule has 88 valence electrons. The van der Waals surface area contributed by atoms with Crippen LogP contribution in [-0.2, 0) is 0 Å². The molecule has 0 radical (unpaired) electrons. The Bertz CT molecular complexity index is 341. The molecule has 1 aromatic carbocycles. The molecular weight excluding hydrogens is 194 g/mol. The lowest BCUT2D eigenvalue weighted by Crippen LogP contribution is -2.17. The van der Waals surface area contributed by atoms with Crippen molar-refractivity contribution >= 4 is 0 Å². The first-order valence-corrected chi connectivity index (χ1v) is 6.04. The number of nitrogens with one attached hydrogen (secondary N) is 1. The summed E-state index contributed by atoms with van der Waals surface area (Å²) < 4.78 is 0. The van der Waals surface area contributed by atoms with Crippen molar-refractivity contribution in [1.29, 1.82) is 0 Å². The maximum absolute atomic E-state index is 3.77. The van der Waals surface area contributed by atoms with E-state index in [-0.39, 0.29) is 0 Å². The molecule has 0 aromatic heterocycles. The Balaban J connectivity index is 2.77. The van der Waals surface area contributed by atoms with Gasteiger partial charge in [0.25, 0.3) is 0 Å². The van der Waals surface area contributed by atoms with Crippen molar-refractivity contribution in [3.63, 3.8) is 0 Å². The van der Waals surface area contributed by atoms with Crippen LogP contribution in [-0.4, -0.2) is 7.05 Å². The predicted molar refractivity (Wildman–Crippen MR) is 71.8 cm³/mol. The molecule has 0 saturated heterocycles. The molecule has 1 N–H and O–H groups in total. The molecule has 0 bridgehead atoms. The highest BCUT2D eigenvalue weighted by atomic mass is 14.9. The molecule has 1 heteroatoms. The Morgan fingerprint density at radius 1 is 1.38 bits per heavy atom. The number of hydrogen-bond donors (Lipinski definition) is 1. The third-order valence-electron chi connectivity index (χ3n) is 3.06. The number of benzene rings is 1. The van der Waals surface area contributed by atoms with Crippen LogP contribution < -0.4 is 5.32 Å². The van der Waals surface area contributed by atoms with Crippen molar-refractivity contribution in [3.05, 3.63) is 47.5 Å². The summed E-state index contributed by atoms with van der Waals surface area (Å²) in [6, 6.07) is 7.15. The molecule has 0 spiro atoms. The zero-order valence-corrected chi connectivity index (χ0v) is 10.7. The van der Waals surface area contributed by atoms with Gasteiger partial charge in [-0.25, -0.2) is 0 Å². The summed E-state index contributed by atoms with van der Waals surface area (Å²) in [5.74, 6) is 0. The van der Waals surface area contributed by atoms with Crippen LogP contribution in [0.2, 0.25) is 0 Å². The SMILES string of the molecule is C=CCCCC(NC)c1cc(C)ccc1C. The van der Waals surface area contributed by atoms with Gasteiger partial charge in [-0.15, -0.1) is 6.58 Å². The largest absolute Gasteiger partial charge is 0.313 e. The van der Waals surface area contributed by atoms with E-state index in [1.807, 2.05) is 13.1 Å². The zero-order valence-electron chi connectivity index (χ0n) is 10.7. The second kappa shape index (κ2) is 6.49. The molecule has 0 fully saturated rings. The zero-order chi connectivity index (χ0) is 12.0. The molecule has 1 atom stereocenters. The van der Waals surface area contributed by atoms with Gasteiger partial charge in [-0.05, 0) is 51.3 Å². The maximum Gasteiger partial charge on any atom is 0.0320 e. The summed E-state index contributed by atoms with van der Waals surface area (Å²) >= 11 is 0. The average molecular weight is 217 g/mol. The van der Waals surface area contributed by atoms with Crippen molar-refractivity contribution in [3.8, 4) is 0 Å². The van der Waals surface area contributed by atoms with Gasteiger partial charge in [-0.2, -0.15) is 0 Å². The van der Waals surface area contributed by atoms with E-state index in [9.17, 15) is 0 Å². The Morgan fingerprint density at radius 3 is 2.75 bits per heavy atom. The van der Waals surface area contributed by atoms with Crippen LogP contribution >= 0.6 is 0 Å². The summed E-state index contributed by atoms with van der Waals surface area (Å²) in [5.41, 5.74) is 4.15. The third kappa shape index (κ3) is 3.49. The smallest absolute Gasteiger partial charge is 0.0320 e. The molecule has 1 aromatic rings. The third-order valence-corrected chi connectivity index (χ3v) is 3.06. The van der Waals surface area contributed by atoms with Gasteiger partial charge in [0.15, 0.2) is 0 Å². The van der Waals surface area contributed by atoms with Crippen molar-refractivity contribution in [1.82, 2.24) is 5.32 Å². The van der Waals surface area contributed by atoms with E-state index in [1.165, 1.54) is 29.5 Å². The molecule has 0 aliphatic heterocycles. The average Bonchev–Trinajstić information content (AvgIpc) is 2.28. The normalized spacial score (nSPS) is 12.4. The Kier molecular flexibility index (Phi) is 5.27. The summed E-state index contributed by atoms with van der Waals surface area (Å²) in [6.07, 6.45) is 5.47. The van der Waals surface area contributed by atoms with E-state index in [0.717, 1.165) is 6.42 Å². The highest BCUT2D eigenvalue weighted by Gasteiger charge is 2.10. The van der Waals surface area contributed by atoms with Crippen LogP contribution in [0.25, 0.3) is 0 Å². The van der Waals surface area contributed by atoms with E-state index < -0.39 is 0 Å². The number of hydrogen-bond acceptors (Lipinski definition) is 1. The summed E-state index contributed by atoms with van der Waals surface area (Å²) in [6.45, 7) is 8.11. The van der Waals surface area contributed by atoms with Gasteiger partial charge in [0.1, 0.15) is 0 Å². The van der Waals surface area contributed by atoms with Crippen LogP contribution in [0.1, 0.15) is 42.0 Å². The molecule has 1 rings (SSSR count). The van der Waals surface area contributed by atoms with E-state index in [0.29, 0.717) is 6.04 Å². The first kappa shape index (κ1) is 13.0. The fourth-order valence-electron chi connectivity index (χ4n) is 2.06. The molecular formula is C15H23N. The monoisotopic (exact) mass is 217 g/mol. The van der Waals surface area contributed by atoms with Crippen molar-refractivity contribution in [2.45, 2.75) is 39.2 Å². The van der Waals surface area contributed by atoms with E-state index in [4.69, 9.17) is 0 Å². The first-order chi connectivity index (χ1) is 7.69. The number of unbranched alkanes of at least 4 members (excludes halogenated alkanes) is 1. The van der Waals surface area contributed by atoms with Gasteiger partial charge in [0.2, 0.25) is 0 Å². The molecule has 0 amide bonds. The van der Waals surface area contributed by atoms with Crippen molar-refractivity contribution in [2.24, 2.45) is 0 Å². The Labute approximate surface area is 99.6 Å².